The first kappa shape index (κ1) is 34.6. The van der Waals surface area contributed by atoms with Gasteiger partial charge in [0.05, 0.1) is 21.8 Å². The minimum absolute atomic E-state index is 0. The number of nitrogens with one attached hydrogen (secondary N) is 1. The standard InChI is InChI=1S/C20H21F5N4OS.CH4O.CH3.Cs/c1-11-10-29(7-5-19(11,21)22)17-14(9-15(12(2)27-17)20(23,24)25)18(30)28-13-4-6-26-16(8-13)31-3;1-2;;/h4,6,8-9,11H,5,7,10H2,1-3H3,(H,26,28,30);2H,1H3;1H3;/q;;-1;+1. The molecule has 0 aliphatic carbocycles. The van der Waals surface area contributed by atoms with E-state index in [-0.39, 0.29) is 106 Å². The Bertz CT molecular complexity index is 995. The van der Waals surface area contributed by atoms with E-state index < -0.39 is 35.9 Å². The van der Waals surface area contributed by atoms with Gasteiger partial charge in [-0.3, -0.25) is 4.79 Å². The number of rotatable bonds is 4. The number of hydrogen-bond donors (Lipinski definition) is 2. The van der Waals surface area contributed by atoms with Crippen molar-refractivity contribution in [3.05, 3.63) is 48.6 Å². The van der Waals surface area contributed by atoms with Gasteiger partial charge in [0, 0.05) is 44.4 Å². The van der Waals surface area contributed by atoms with Crippen molar-refractivity contribution in [3.63, 3.8) is 0 Å². The fourth-order valence-corrected chi connectivity index (χ4v) is 3.77. The van der Waals surface area contributed by atoms with Crippen molar-refractivity contribution in [1.82, 2.24) is 9.97 Å². The predicted molar refractivity (Wildman–Crippen MR) is 123 cm³/mol. The van der Waals surface area contributed by atoms with Crippen molar-refractivity contribution in [3.8, 4) is 0 Å². The number of aliphatic hydroxyl groups excluding tert-OH is 1. The van der Waals surface area contributed by atoms with Gasteiger partial charge in [-0.15, -0.1) is 11.8 Å². The molecule has 1 atom stereocenters. The molecule has 6 nitrogen and oxygen atoms in total. The molecular formula is C22H28CsF5N4O2S. The van der Waals surface area contributed by atoms with Crippen LogP contribution < -0.4 is 79.1 Å². The number of piperidine rings is 1. The third kappa shape index (κ3) is 8.83. The number of halogens is 5. The van der Waals surface area contributed by atoms with E-state index in [1.54, 1.807) is 12.3 Å². The van der Waals surface area contributed by atoms with Gasteiger partial charge >= 0.3 is 75.1 Å². The molecule has 2 aromatic rings. The van der Waals surface area contributed by atoms with Crippen LogP contribution in [0.5, 0.6) is 0 Å². The second-order valence-electron chi connectivity index (χ2n) is 7.39. The Morgan fingerprint density at radius 3 is 2.46 bits per heavy atom. The molecule has 0 radical (unpaired) electrons. The molecule has 2 aromatic heterocycles. The van der Waals surface area contributed by atoms with Gasteiger partial charge in [-0.05, 0) is 31.4 Å². The average molecular weight is 640 g/mol. The predicted octanol–water partition coefficient (Wildman–Crippen LogP) is 2.32. The van der Waals surface area contributed by atoms with Crippen LogP contribution in [0.4, 0.5) is 33.5 Å². The number of nitrogens with zero attached hydrogens (tertiary/aromatic N) is 3. The first-order valence-electron chi connectivity index (χ1n) is 9.90. The van der Waals surface area contributed by atoms with Crippen LogP contribution >= 0.6 is 11.8 Å². The summed E-state index contributed by atoms with van der Waals surface area (Å²) in [5.41, 5.74) is -1.34. The normalized spacial score (nSPS) is 16.7. The maximum absolute atomic E-state index is 13.9. The molecule has 1 amide bonds. The molecule has 13 heteroatoms. The number of hydrogen-bond acceptors (Lipinski definition) is 6. The van der Waals surface area contributed by atoms with Gasteiger partial charge < -0.3 is 22.7 Å². The molecule has 1 aliphatic heterocycles. The van der Waals surface area contributed by atoms with Crippen molar-refractivity contribution in [2.75, 3.05) is 36.7 Å². The Balaban J connectivity index is 0.00000282. The Morgan fingerprint density at radius 1 is 1.29 bits per heavy atom. The van der Waals surface area contributed by atoms with Gasteiger partial charge in [0.25, 0.3) is 11.8 Å². The van der Waals surface area contributed by atoms with E-state index in [2.05, 4.69) is 15.3 Å². The van der Waals surface area contributed by atoms with Gasteiger partial charge in [0.15, 0.2) is 0 Å². The van der Waals surface area contributed by atoms with E-state index in [1.807, 2.05) is 0 Å². The summed E-state index contributed by atoms with van der Waals surface area (Å²) in [6.45, 7) is 2.30. The van der Waals surface area contributed by atoms with Gasteiger partial charge in [0.2, 0.25) is 0 Å². The molecule has 35 heavy (non-hydrogen) atoms. The maximum Gasteiger partial charge on any atom is 1.00 e. The van der Waals surface area contributed by atoms with Crippen molar-refractivity contribution in [2.45, 2.75) is 37.4 Å². The van der Waals surface area contributed by atoms with Crippen LogP contribution in [0.3, 0.4) is 0 Å². The molecule has 2 N–H and O–H groups in total. The van der Waals surface area contributed by atoms with Crippen molar-refractivity contribution in [2.24, 2.45) is 5.92 Å². The van der Waals surface area contributed by atoms with Crippen molar-refractivity contribution < 1.29 is 101 Å². The van der Waals surface area contributed by atoms with Crippen LogP contribution in [0.15, 0.2) is 29.4 Å². The molecular weight excluding hydrogens is 612 g/mol. The Labute approximate surface area is 265 Å². The number of thioether (sulfide) groups is 1. The minimum atomic E-state index is -4.71. The molecule has 3 rings (SSSR count). The van der Waals surface area contributed by atoms with Crippen LogP contribution in [0.2, 0.25) is 0 Å². The molecule has 0 saturated carbocycles. The van der Waals surface area contributed by atoms with E-state index in [0.717, 1.165) is 13.2 Å². The summed E-state index contributed by atoms with van der Waals surface area (Å²) < 4.78 is 68.2. The molecule has 1 unspecified atom stereocenters. The molecule has 0 aromatic carbocycles. The van der Waals surface area contributed by atoms with Crippen LogP contribution in [0.25, 0.3) is 0 Å². The monoisotopic (exact) mass is 640 g/mol. The fourth-order valence-electron chi connectivity index (χ4n) is 3.36. The van der Waals surface area contributed by atoms with Crippen molar-refractivity contribution in [1.29, 1.82) is 0 Å². The summed E-state index contributed by atoms with van der Waals surface area (Å²) in [5.74, 6) is -4.77. The molecule has 0 spiro atoms. The van der Waals surface area contributed by atoms with Crippen LogP contribution in [-0.4, -0.2) is 53.4 Å². The number of anilines is 2. The largest absolute Gasteiger partial charge is 1.00 e. The molecule has 1 saturated heterocycles. The zero-order valence-electron chi connectivity index (χ0n) is 20.5. The minimum Gasteiger partial charge on any atom is -0.400 e. The van der Waals surface area contributed by atoms with E-state index in [9.17, 15) is 26.7 Å². The smallest absolute Gasteiger partial charge is 0.400 e. The Kier molecular flexibility index (Phi) is 14.3. The molecule has 1 aliphatic rings. The summed E-state index contributed by atoms with van der Waals surface area (Å²) in [6.07, 6.45) is -1.93. The zero-order chi connectivity index (χ0) is 25.0. The quantitative estimate of drug-likeness (QED) is 0.304. The fraction of sp³-hybridized carbons (Fsp3) is 0.455. The van der Waals surface area contributed by atoms with Gasteiger partial charge in [-0.2, -0.15) is 13.2 Å². The summed E-state index contributed by atoms with van der Waals surface area (Å²) in [5, 5.41) is 10.2. The number of aliphatic hydroxyl groups is 1. The first-order chi connectivity index (χ1) is 15.4. The topological polar surface area (TPSA) is 78.3 Å². The SMILES string of the molecule is CO.CSc1cc(NC(=O)c2cc(C(F)(F)F)c(C)nc2N2CCC(F)(F)C(C)C2)ccn1.[CH3-].[Cs+]. The van der Waals surface area contributed by atoms with Crippen LogP contribution in [-0.2, 0) is 6.18 Å². The third-order valence-corrected chi connectivity index (χ3v) is 5.82. The Hall–Kier alpha value is -0.418. The summed E-state index contributed by atoms with van der Waals surface area (Å²) >= 11 is 1.34. The summed E-state index contributed by atoms with van der Waals surface area (Å²) in [4.78, 5) is 22.5. The van der Waals surface area contributed by atoms with E-state index in [0.29, 0.717) is 10.7 Å². The van der Waals surface area contributed by atoms with Crippen LogP contribution in [0, 0.1) is 20.3 Å². The second kappa shape index (κ2) is 14.5. The van der Waals surface area contributed by atoms with Gasteiger partial charge in [-0.25, -0.2) is 18.7 Å². The number of carbonyl (C=O) groups is 1. The Morgan fingerprint density at radius 2 is 1.91 bits per heavy atom. The third-order valence-electron chi connectivity index (χ3n) is 5.17. The molecule has 0 bridgehead atoms. The van der Waals surface area contributed by atoms with Gasteiger partial charge in [0.1, 0.15) is 5.82 Å². The van der Waals surface area contributed by atoms with Gasteiger partial charge in [-0.1, -0.05) is 6.92 Å². The number of pyridine rings is 2. The summed E-state index contributed by atoms with van der Waals surface area (Å²) in [7, 11) is 1.00. The first-order valence-corrected chi connectivity index (χ1v) is 11.1. The molecule has 190 valence electrons. The molecule has 1 fully saturated rings. The molecule has 3 heterocycles. The van der Waals surface area contributed by atoms with E-state index in [1.165, 1.54) is 42.8 Å². The number of aromatic nitrogens is 2. The summed E-state index contributed by atoms with van der Waals surface area (Å²) in [6, 6.07) is 3.83. The van der Waals surface area contributed by atoms with E-state index >= 15 is 0 Å². The van der Waals surface area contributed by atoms with Crippen LogP contribution in [0.1, 0.15) is 35.0 Å². The van der Waals surface area contributed by atoms with E-state index in [4.69, 9.17) is 5.11 Å². The van der Waals surface area contributed by atoms with Crippen molar-refractivity contribution >= 4 is 29.2 Å². The number of alkyl halides is 5. The second-order valence-corrected chi connectivity index (χ2v) is 8.22. The maximum atomic E-state index is 13.9. The zero-order valence-corrected chi connectivity index (χ0v) is 27.6. The number of aryl methyl sites for hydroxylation is 1. The number of amides is 1. The average Bonchev–Trinajstić information content (AvgIpc) is 2.76. The number of carbonyl (C=O) groups excluding carboxylic acids is 1.